The Morgan fingerprint density at radius 2 is 1.94 bits per heavy atom. The van der Waals surface area contributed by atoms with E-state index < -0.39 is 36.6 Å². The summed E-state index contributed by atoms with van der Waals surface area (Å²) in [5.41, 5.74) is 2.02. The molecule has 0 saturated carbocycles. The molecule has 3 unspecified atom stereocenters. The van der Waals surface area contributed by atoms with Gasteiger partial charge in [0.1, 0.15) is 11.5 Å². The van der Waals surface area contributed by atoms with Crippen molar-refractivity contribution in [3.63, 3.8) is 0 Å². The molecule has 0 bridgehead atoms. The van der Waals surface area contributed by atoms with Crippen molar-refractivity contribution in [2.24, 2.45) is 5.92 Å². The second-order valence-electron chi connectivity index (χ2n) is 9.20. The lowest BCUT2D eigenvalue weighted by molar-refractivity contribution is -0.120. The fourth-order valence-corrected chi connectivity index (χ4v) is 4.54. The fraction of sp³-hybridized carbons (Fsp3) is 0.400. The maximum Gasteiger partial charge on any atom is 0.337 e. The largest absolute Gasteiger partial charge is 0.478 e. The highest BCUT2D eigenvalue weighted by atomic mass is 19.3. The number of anilines is 2. The van der Waals surface area contributed by atoms with Crippen molar-refractivity contribution in [3.05, 3.63) is 69.1 Å². The van der Waals surface area contributed by atoms with E-state index in [2.05, 4.69) is 10.3 Å². The number of hydrogen-bond acceptors (Lipinski definition) is 5. The van der Waals surface area contributed by atoms with Crippen molar-refractivity contribution in [2.75, 3.05) is 23.3 Å². The molecule has 1 fully saturated rings. The lowest BCUT2D eigenvalue weighted by atomic mass is 9.93. The Morgan fingerprint density at radius 1 is 1.26 bits per heavy atom. The van der Waals surface area contributed by atoms with Crippen molar-refractivity contribution in [2.45, 2.75) is 45.8 Å². The third-order valence-electron chi connectivity index (χ3n) is 6.53. The number of carboxylic acid groups (broad SMARTS) is 1. The second kappa shape index (κ2) is 8.90. The van der Waals surface area contributed by atoms with Crippen LogP contribution in [0, 0.1) is 19.8 Å². The highest BCUT2D eigenvalue weighted by molar-refractivity contribution is 5.94. The molecule has 0 amide bonds. The van der Waals surface area contributed by atoms with Gasteiger partial charge in [0.25, 0.3) is 11.5 Å². The van der Waals surface area contributed by atoms with Gasteiger partial charge in [-0.2, -0.15) is 0 Å². The predicted molar refractivity (Wildman–Crippen MR) is 128 cm³/mol. The molecule has 1 aliphatic heterocycles. The SMILES string of the molecule is Cc1cc(C(C)Nc2ccccc2C(=O)O)c2nc(N3CC(C)C(F)(F)C(F)C3)c(C)c(=O)n2c1. The number of fused-ring (bicyclic) bond motifs is 1. The molecular formula is C25H27F3N4O3. The first-order chi connectivity index (χ1) is 16.4. The van der Waals surface area contributed by atoms with E-state index >= 15 is 0 Å². The number of aromatic carboxylic acids is 1. The molecule has 0 spiro atoms. The van der Waals surface area contributed by atoms with Gasteiger partial charge in [-0.3, -0.25) is 9.20 Å². The van der Waals surface area contributed by atoms with E-state index in [1.54, 1.807) is 38.2 Å². The Labute approximate surface area is 200 Å². The molecule has 3 heterocycles. The Bertz CT molecular complexity index is 1340. The van der Waals surface area contributed by atoms with Crippen molar-refractivity contribution in [3.8, 4) is 0 Å². The van der Waals surface area contributed by atoms with Gasteiger partial charge in [0, 0.05) is 29.9 Å². The predicted octanol–water partition coefficient (Wildman–Crippen LogP) is 4.61. The minimum Gasteiger partial charge on any atom is -0.478 e. The number of halogens is 3. The Kier molecular flexibility index (Phi) is 6.25. The number of nitrogens with zero attached hydrogens (tertiary/aromatic N) is 3. The number of rotatable bonds is 5. The summed E-state index contributed by atoms with van der Waals surface area (Å²) in [6.07, 6.45) is -0.746. The Balaban J connectivity index is 1.82. The highest BCUT2D eigenvalue weighted by Gasteiger charge is 2.50. The van der Waals surface area contributed by atoms with E-state index in [0.717, 1.165) is 5.56 Å². The van der Waals surface area contributed by atoms with Crippen LogP contribution in [-0.4, -0.2) is 45.6 Å². The summed E-state index contributed by atoms with van der Waals surface area (Å²) < 4.78 is 43.9. The van der Waals surface area contributed by atoms with Gasteiger partial charge in [0.15, 0.2) is 6.17 Å². The average molecular weight is 489 g/mol. The molecule has 1 aliphatic rings. The second-order valence-corrected chi connectivity index (χ2v) is 9.20. The van der Waals surface area contributed by atoms with Gasteiger partial charge in [-0.25, -0.2) is 22.9 Å². The molecule has 0 radical (unpaired) electrons. The van der Waals surface area contributed by atoms with Gasteiger partial charge in [-0.1, -0.05) is 19.1 Å². The van der Waals surface area contributed by atoms with Gasteiger partial charge < -0.3 is 15.3 Å². The Morgan fingerprint density at radius 3 is 2.60 bits per heavy atom. The number of benzene rings is 1. The summed E-state index contributed by atoms with van der Waals surface area (Å²) in [5, 5.41) is 12.7. The first-order valence-corrected chi connectivity index (χ1v) is 11.3. The molecule has 4 rings (SSSR count). The first kappa shape index (κ1) is 24.6. The zero-order chi connectivity index (χ0) is 25.7. The Hall–Kier alpha value is -3.56. The quantitative estimate of drug-likeness (QED) is 0.546. The van der Waals surface area contributed by atoms with Crippen molar-refractivity contribution < 1.29 is 23.1 Å². The molecule has 3 atom stereocenters. The molecule has 7 nitrogen and oxygen atoms in total. The van der Waals surface area contributed by atoms with E-state index in [0.29, 0.717) is 11.3 Å². The van der Waals surface area contributed by atoms with Crippen LogP contribution in [0.3, 0.4) is 0 Å². The topological polar surface area (TPSA) is 86.9 Å². The van der Waals surface area contributed by atoms with Gasteiger partial charge in [0.2, 0.25) is 0 Å². The zero-order valence-electron chi connectivity index (χ0n) is 19.8. The summed E-state index contributed by atoms with van der Waals surface area (Å²) >= 11 is 0. The molecule has 186 valence electrons. The number of pyridine rings is 1. The number of carbonyl (C=O) groups is 1. The highest BCUT2D eigenvalue weighted by Crippen LogP contribution is 2.37. The van der Waals surface area contributed by atoms with Gasteiger partial charge in [0.05, 0.1) is 23.7 Å². The molecule has 10 heteroatoms. The maximum absolute atomic E-state index is 14.3. The monoisotopic (exact) mass is 488 g/mol. The third kappa shape index (κ3) is 4.33. The van der Waals surface area contributed by atoms with Crippen LogP contribution in [0.2, 0.25) is 0 Å². The van der Waals surface area contributed by atoms with Crippen LogP contribution in [0.15, 0.2) is 41.3 Å². The number of aryl methyl sites for hydroxylation is 1. The normalized spacial score (nSPS) is 20.6. The molecule has 35 heavy (non-hydrogen) atoms. The molecule has 2 N–H and O–H groups in total. The summed E-state index contributed by atoms with van der Waals surface area (Å²) in [4.78, 5) is 31.0. The molecule has 2 aromatic heterocycles. The van der Waals surface area contributed by atoms with Gasteiger partial charge in [-0.05, 0) is 44.5 Å². The maximum atomic E-state index is 14.3. The molecule has 3 aromatic rings. The van der Waals surface area contributed by atoms with Gasteiger partial charge >= 0.3 is 5.97 Å². The summed E-state index contributed by atoms with van der Waals surface area (Å²) in [7, 11) is 0. The van der Waals surface area contributed by atoms with E-state index in [9.17, 15) is 27.9 Å². The summed E-state index contributed by atoms with van der Waals surface area (Å²) in [5.74, 6) is -5.62. The summed E-state index contributed by atoms with van der Waals surface area (Å²) in [6, 6.07) is 7.82. The number of alkyl halides is 3. The van der Waals surface area contributed by atoms with Crippen LogP contribution in [0.5, 0.6) is 0 Å². The fourth-order valence-electron chi connectivity index (χ4n) is 4.54. The number of piperidine rings is 1. The standard InChI is InChI=1S/C25H27F3N4O3/c1-13-9-18(16(4)29-19-8-6-5-7-17(19)24(34)35)22-30-21(15(3)23(33)32(22)10-13)31-11-14(2)25(27,28)20(26)12-31/h5-10,14,16,20,29H,11-12H2,1-4H3,(H,34,35). The lowest BCUT2D eigenvalue weighted by Crippen LogP contribution is -2.54. The van der Waals surface area contributed by atoms with E-state index in [1.807, 2.05) is 13.0 Å². The van der Waals surface area contributed by atoms with Crippen LogP contribution >= 0.6 is 0 Å². The van der Waals surface area contributed by atoms with Crippen LogP contribution in [0.1, 0.15) is 46.9 Å². The first-order valence-electron chi connectivity index (χ1n) is 11.3. The lowest BCUT2D eigenvalue weighted by Gasteiger charge is -2.40. The van der Waals surface area contributed by atoms with E-state index in [-0.39, 0.29) is 34.7 Å². The van der Waals surface area contributed by atoms with Crippen LogP contribution in [-0.2, 0) is 0 Å². The number of hydrogen-bond donors (Lipinski definition) is 2. The smallest absolute Gasteiger partial charge is 0.337 e. The van der Waals surface area contributed by atoms with Gasteiger partial charge in [-0.15, -0.1) is 0 Å². The van der Waals surface area contributed by atoms with Crippen LogP contribution < -0.4 is 15.8 Å². The molecular weight excluding hydrogens is 461 g/mol. The number of nitrogens with one attached hydrogen (secondary N) is 1. The van der Waals surface area contributed by atoms with Crippen LogP contribution in [0.4, 0.5) is 24.7 Å². The van der Waals surface area contributed by atoms with Crippen LogP contribution in [0.25, 0.3) is 5.65 Å². The van der Waals surface area contributed by atoms with E-state index in [4.69, 9.17) is 0 Å². The molecule has 1 aromatic carbocycles. The third-order valence-corrected chi connectivity index (χ3v) is 6.53. The minimum atomic E-state index is -3.45. The molecule has 1 saturated heterocycles. The zero-order valence-corrected chi connectivity index (χ0v) is 19.8. The van der Waals surface area contributed by atoms with Crippen molar-refractivity contribution in [1.82, 2.24) is 9.38 Å². The minimum absolute atomic E-state index is 0.0928. The van der Waals surface area contributed by atoms with E-state index in [1.165, 1.54) is 22.3 Å². The number of para-hydroxylation sites is 1. The number of aromatic nitrogens is 2. The average Bonchev–Trinajstić information content (AvgIpc) is 2.80. The van der Waals surface area contributed by atoms with Crippen molar-refractivity contribution >= 4 is 23.1 Å². The molecule has 0 aliphatic carbocycles. The number of carboxylic acids is 1. The summed E-state index contributed by atoms with van der Waals surface area (Å²) in [6.45, 7) is 5.75. The van der Waals surface area contributed by atoms with Crippen molar-refractivity contribution in [1.29, 1.82) is 0 Å².